The second-order valence-electron chi connectivity index (χ2n) is 5.02. The van der Waals surface area contributed by atoms with Gasteiger partial charge in [-0.15, -0.1) is 0 Å². The minimum atomic E-state index is 0.145. The molecule has 0 bridgehead atoms. The van der Waals surface area contributed by atoms with Gasteiger partial charge in [0.15, 0.2) is 11.5 Å². The number of rotatable bonds is 5. The van der Waals surface area contributed by atoms with E-state index in [-0.39, 0.29) is 12.8 Å². The number of aromatic nitrogens is 1. The molecule has 0 radical (unpaired) electrons. The molecule has 0 aliphatic carbocycles. The maximum atomic E-state index is 6.03. The fourth-order valence-electron chi connectivity index (χ4n) is 2.40. The topological polar surface area (TPSA) is 69.4 Å². The molecule has 2 heterocycles. The Hall–Kier alpha value is -2.01. The Balaban J connectivity index is 1.87. The van der Waals surface area contributed by atoms with E-state index in [1.165, 1.54) is 0 Å². The Kier molecular flexibility index (Phi) is 3.60. The summed E-state index contributed by atoms with van der Waals surface area (Å²) < 4.78 is 10.8. The zero-order valence-corrected chi connectivity index (χ0v) is 11.6. The highest BCUT2D eigenvalue weighted by atomic mass is 16.7. The third-order valence-electron chi connectivity index (χ3n) is 3.45. The molecule has 5 heteroatoms. The molecule has 1 aliphatic heterocycles. The Labute approximate surface area is 118 Å². The average molecular weight is 273 g/mol. The van der Waals surface area contributed by atoms with Crippen molar-refractivity contribution < 1.29 is 9.47 Å². The summed E-state index contributed by atoms with van der Waals surface area (Å²) in [5.41, 5.74) is 6.03. The van der Waals surface area contributed by atoms with Crippen LogP contribution in [0.25, 0.3) is 10.8 Å². The zero-order chi connectivity index (χ0) is 13.9. The van der Waals surface area contributed by atoms with E-state index in [9.17, 15) is 0 Å². The first-order chi connectivity index (χ1) is 9.78. The van der Waals surface area contributed by atoms with E-state index in [1.54, 1.807) is 6.20 Å². The molecular weight excluding hydrogens is 254 g/mol. The van der Waals surface area contributed by atoms with E-state index >= 15 is 0 Å². The molecule has 20 heavy (non-hydrogen) atoms. The van der Waals surface area contributed by atoms with Gasteiger partial charge in [0.1, 0.15) is 5.82 Å². The Bertz CT molecular complexity index is 615. The lowest BCUT2D eigenvalue weighted by atomic mass is 10.1. The normalized spacial score (nSPS) is 14.5. The summed E-state index contributed by atoms with van der Waals surface area (Å²) >= 11 is 0. The van der Waals surface area contributed by atoms with E-state index in [0.29, 0.717) is 6.54 Å². The van der Waals surface area contributed by atoms with Crippen LogP contribution in [0.5, 0.6) is 11.5 Å². The number of hydrogen-bond donors (Lipinski definition) is 2. The summed E-state index contributed by atoms with van der Waals surface area (Å²) in [5.74, 6) is 2.40. The highest BCUT2D eigenvalue weighted by Gasteiger charge is 2.16. The van der Waals surface area contributed by atoms with Crippen molar-refractivity contribution in [2.75, 3.05) is 18.7 Å². The number of nitrogens with zero attached hydrogens (tertiary/aromatic N) is 1. The lowest BCUT2D eigenvalue weighted by Gasteiger charge is -2.13. The van der Waals surface area contributed by atoms with Gasteiger partial charge in [0.05, 0.1) is 0 Å². The second-order valence-corrected chi connectivity index (χ2v) is 5.02. The lowest BCUT2D eigenvalue weighted by molar-refractivity contribution is 0.174. The SMILES string of the molecule is CCCC(N)CNc1nccc2cc3c(cc12)OCO3. The van der Waals surface area contributed by atoms with Gasteiger partial charge in [0.2, 0.25) is 6.79 Å². The Morgan fingerprint density at radius 3 is 2.95 bits per heavy atom. The van der Waals surface area contributed by atoms with Gasteiger partial charge < -0.3 is 20.5 Å². The molecule has 0 fully saturated rings. The minimum Gasteiger partial charge on any atom is -0.454 e. The maximum Gasteiger partial charge on any atom is 0.231 e. The average Bonchev–Trinajstić information content (AvgIpc) is 2.90. The van der Waals surface area contributed by atoms with E-state index in [2.05, 4.69) is 17.2 Å². The summed E-state index contributed by atoms with van der Waals surface area (Å²) in [5, 5.41) is 5.44. The van der Waals surface area contributed by atoms with Gasteiger partial charge in [-0.05, 0) is 30.0 Å². The van der Waals surface area contributed by atoms with Crippen LogP contribution in [0.2, 0.25) is 0 Å². The number of nitrogens with two attached hydrogens (primary N) is 1. The van der Waals surface area contributed by atoms with Crippen molar-refractivity contribution in [3.8, 4) is 11.5 Å². The number of benzene rings is 1. The predicted octanol–water partition coefficient (Wildman–Crippen LogP) is 2.50. The lowest BCUT2D eigenvalue weighted by Crippen LogP contribution is -2.29. The van der Waals surface area contributed by atoms with E-state index in [1.807, 2.05) is 18.2 Å². The molecule has 0 spiro atoms. The molecule has 2 aromatic rings. The molecule has 3 N–H and O–H groups in total. The molecule has 1 aromatic carbocycles. The van der Waals surface area contributed by atoms with E-state index < -0.39 is 0 Å². The molecule has 0 saturated carbocycles. The van der Waals surface area contributed by atoms with Gasteiger partial charge in [-0.25, -0.2) is 4.98 Å². The first-order valence-electron chi connectivity index (χ1n) is 6.95. The van der Waals surface area contributed by atoms with E-state index in [4.69, 9.17) is 15.2 Å². The summed E-state index contributed by atoms with van der Waals surface area (Å²) in [6.45, 7) is 3.13. The van der Waals surface area contributed by atoms with Crippen LogP contribution in [-0.2, 0) is 0 Å². The van der Waals surface area contributed by atoms with Crippen LogP contribution in [0.4, 0.5) is 5.82 Å². The van der Waals surface area contributed by atoms with Crippen LogP contribution in [0, 0.1) is 0 Å². The monoisotopic (exact) mass is 273 g/mol. The summed E-state index contributed by atoms with van der Waals surface area (Å²) in [6.07, 6.45) is 3.88. The van der Waals surface area contributed by atoms with Crippen LogP contribution < -0.4 is 20.5 Å². The molecule has 1 aromatic heterocycles. The standard InChI is InChI=1S/C15H19N3O2/c1-2-3-11(16)8-18-15-12-7-14-13(19-9-20-14)6-10(12)4-5-17-15/h4-7,11H,2-3,8-9,16H2,1H3,(H,17,18). The molecule has 1 unspecified atom stereocenters. The summed E-state index contributed by atoms with van der Waals surface area (Å²) in [7, 11) is 0. The van der Waals surface area contributed by atoms with Crippen molar-refractivity contribution in [2.24, 2.45) is 5.73 Å². The van der Waals surface area contributed by atoms with Crippen molar-refractivity contribution in [1.29, 1.82) is 0 Å². The van der Waals surface area contributed by atoms with Crippen molar-refractivity contribution in [2.45, 2.75) is 25.8 Å². The molecule has 5 nitrogen and oxygen atoms in total. The number of hydrogen-bond acceptors (Lipinski definition) is 5. The third kappa shape index (κ3) is 2.49. The van der Waals surface area contributed by atoms with Crippen LogP contribution in [0.1, 0.15) is 19.8 Å². The number of pyridine rings is 1. The molecule has 1 atom stereocenters. The Morgan fingerprint density at radius 2 is 2.15 bits per heavy atom. The number of fused-ring (bicyclic) bond motifs is 2. The highest BCUT2D eigenvalue weighted by Crippen LogP contribution is 2.37. The number of nitrogens with one attached hydrogen (secondary N) is 1. The molecule has 3 rings (SSSR count). The molecular formula is C15H19N3O2. The van der Waals surface area contributed by atoms with Gasteiger partial charge in [-0.2, -0.15) is 0 Å². The van der Waals surface area contributed by atoms with Gasteiger partial charge in [0.25, 0.3) is 0 Å². The first kappa shape index (κ1) is 13.0. The van der Waals surface area contributed by atoms with Crippen LogP contribution >= 0.6 is 0 Å². The van der Waals surface area contributed by atoms with Crippen LogP contribution in [-0.4, -0.2) is 24.4 Å². The van der Waals surface area contributed by atoms with Gasteiger partial charge in [-0.1, -0.05) is 13.3 Å². The number of anilines is 1. The van der Waals surface area contributed by atoms with Crippen LogP contribution in [0.3, 0.4) is 0 Å². The third-order valence-corrected chi connectivity index (χ3v) is 3.45. The molecule has 106 valence electrons. The smallest absolute Gasteiger partial charge is 0.231 e. The largest absolute Gasteiger partial charge is 0.454 e. The van der Waals surface area contributed by atoms with Gasteiger partial charge >= 0.3 is 0 Å². The Morgan fingerprint density at radius 1 is 1.35 bits per heavy atom. The number of ether oxygens (including phenoxy) is 2. The minimum absolute atomic E-state index is 0.145. The van der Waals surface area contributed by atoms with Crippen molar-refractivity contribution in [3.63, 3.8) is 0 Å². The maximum absolute atomic E-state index is 6.03. The summed E-state index contributed by atoms with van der Waals surface area (Å²) in [6, 6.07) is 6.06. The fraction of sp³-hybridized carbons (Fsp3) is 0.400. The van der Waals surface area contributed by atoms with Gasteiger partial charge in [-0.3, -0.25) is 0 Å². The molecule has 0 amide bonds. The fourth-order valence-corrected chi connectivity index (χ4v) is 2.40. The van der Waals surface area contributed by atoms with E-state index in [0.717, 1.165) is 40.9 Å². The van der Waals surface area contributed by atoms with Gasteiger partial charge in [0, 0.05) is 24.2 Å². The summed E-state index contributed by atoms with van der Waals surface area (Å²) in [4.78, 5) is 4.40. The molecule has 1 aliphatic rings. The van der Waals surface area contributed by atoms with Crippen molar-refractivity contribution >= 4 is 16.6 Å². The van der Waals surface area contributed by atoms with Crippen LogP contribution in [0.15, 0.2) is 24.4 Å². The molecule has 0 saturated heterocycles. The van der Waals surface area contributed by atoms with Crippen molar-refractivity contribution in [1.82, 2.24) is 4.98 Å². The highest BCUT2D eigenvalue weighted by molar-refractivity contribution is 5.94. The zero-order valence-electron chi connectivity index (χ0n) is 11.6. The predicted molar refractivity (Wildman–Crippen MR) is 79.2 cm³/mol. The van der Waals surface area contributed by atoms with Crippen molar-refractivity contribution in [3.05, 3.63) is 24.4 Å². The first-order valence-corrected chi connectivity index (χ1v) is 6.95. The second kappa shape index (κ2) is 5.54. The quantitative estimate of drug-likeness (QED) is 0.876.